The Labute approximate surface area is 96.3 Å². The molecule has 0 aliphatic heterocycles. The van der Waals surface area contributed by atoms with Gasteiger partial charge in [-0.2, -0.15) is 11.8 Å². The third kappa shape index (κ3) is 4.52. The first-order valence-corrected chi connectivity index (χ1v) is 6.44. The molecule has 1 aromatic rings. The number of ketones is 1. The Bertz CT molecular complexity index is 324. The third-order valence-corrected chi connectivity index (χ3v) is 3.08. The number of benzene rings is 1. The van der Waals surface area contributed by atoms with Gasteiger partial charge in [0.25, 0.3) is 0 Å². The number of Topliss-reactive ketones (excluding diaryl/α,β-unsaturated/α-hetero) is 1. The van der Waals surface area contributed by atoms with Gasteiger partial charge in [0.05, 0.1) is 5.75 Å². The molecule has 0 fully saturated rings. The Kier molecular flexibility index (Phi) is 4.89. The molecule has 1 nitrogen and oxygen atoms in total. The monoisotopic (exact) mass is 222 g/mol. The molecule has 0 saturated heterocycles. The normalized spacial score (nSPS) is 10.3. The van der Waals surface area contributed by atoms with Gasteiger partial charge in [0.15, 0.2) is 0 Å². The number of carbonyl (C=O) groups excluding carboxylic acids is 1. The smallest absolute Gasteiger partial charge is 0.147 e. The molecular weight excluding hydrogens is 204 g/mol. The van der Waals surface area contributed by atoms with E-state index in [0.29, 0.717) is 18.0 Å². The highest BCUT2D eigenvalue weighted by Crippen LogP contribution is 2.11. The summed E-state index contributed by atoms with van der Waals surface area (Å²) in [5.41, 5.74) is 3.62. The van der Waals surface area contributed by atoms with E-state index in [1.807, 2.05) is 0 Å². The second kappa shape index (κ2) is 5.96. The van der Waals surface area contributed by atoms with Crippen molar-refractivity contribution in [3.63, 3.8) is 0 Å². The average molecular weight is 222 g/mol. The Morgan fingerprint density at radius 2 is 1.80 bits per heavy atom. The fraction of sp³-hybridized carbons (Fsp3) is 0.462. The van der Waals surface area contributed by atoms with E-state index < -0.39 is 0 Å². The van der Waals surface area contributed by atoms with Gasteiger partial charge in [-0.05, 0) is 25.2 Å². The third-order valence-electron chi connectivity index (χ3n) is 2.15. The Morgan fingerprint density at radius 1 is 1.20 bits per heavy atom. The number of carbonyl (C=O) groups is 1. The molecule has 0 unspecified atom stereocenters. The van der Waals surface area contributed by atoms with Crippen LogP contribution in [-0.4, -0.2) is 17.3 Å². The summed E-state index contributed by atoms with van der Waals surface area (Å²) in [5, 5.41) is 0. The molecule has 0 bridgehead atoms. The summed E-state index contributed by atoms with van der Waals surface area (Å²) in [6, 6.07) is 6.33. The predicted molar refractivity (Wildman–Crippen MR) is 67.6 cm³/mol. The summed E-state index contributed by atoms with van der Waals surface area (Å²) in [4.78, 5) is 11.6. The molecule has 0 aromatic heterocycles. The van der Waals surface area contributed by atoms with E-state index in [9.17, 15) is 4.79 Å². The maximum atomic E-state index is 11.6. The van der Waals surface area contributed by atoms with Crippen LogP contribution in [0.3, 0.4) is 0 Å². The van der Waals surface area contributed by atoms with Crippen LogP contribution in [0.15, 0.2) is 18.2 Å². The Morgan fingerprint density at radius 3 is 2.33 bits per heavy atom. The lowest BCUT2D eigenvalue weighted by atomic mass is 10.0. The maximum absolute atomic E-state index is 11.6. The number of aryl methyl sites for hydroxylation is 2. The quantitative estimate of drug-likeness (QED) is 0.761. The van der Waals surface area contributed by atoms with Crippen LogP contribution in [0.4, 0.5) is 0 Å². The summed E-state index contributed by atoms with van der Waals surface area (Å²) in [5.74, 6) is 1.98. The first-order chi connectivity index (χ1) is 7.11. The first-order valence-electron chi connectivity index (χ1n) is 5.28. The van der Waals surface area contributed by atoms with Gasteiger partial charge in [-0.1, -0.05) is 36.2 Å². The molecule has 0 saturated carbocycles. The van der Waals surface area contributed by atoms with E-state index >= 15 is 0 Å². The van der Waals surface area contributed by atoms with Crippen molar-refractivity contribution in [3.8, 4) is 0 Å². The minimum absolute atomic E-state index is 0.326. The topological polar surface area (TPSA) is 17.1 Å². The fourth-order valence-electron chi connectivity index (χ4n) is 1.67. The Balaban J connectivity index is 2.60. The first kappa shape index (κ1) is 12.3. The zero-order valence-electron chi connectivity index (χ0n) is 9.67. The van der Waals surface area contributed by atoms with Crippen LogP contribution < -0.4 is 0 Å². The van der Waals surface area contributed by atoms with Gasteiger partial charge in [0.1, 0.15) is 5.78 Å². The minimum atomic E-state index is 0.326. The van der Waals surface area contributed by atoms with Crippen molar-refractivity contribution in [2.75, 3.05) is 11.5 Å². The van der Waals surface area contributed by atoms with Gasteiger partial charge in [-0.3, -0.25) is 4.79 Å². The van der Waals surface area contributed by atoms with Crippen molar-refractivity contribution < 1.29 is 4.79 Å². The molecule has 0 atom stereocenters. The van der Waals surface area contributed by atoms with Crippen molar-refractivity contribution >= 4 is 17.5 Å². The summed E-state index contributed by atoms with van der Waals surface area (Å²) in [6.45, 7) is 6.22. The molecular formula is C13H18OS. The van der Waals surface area contributed by atoms with Crippen LogP contribution in [-0.2, 0) is 11.2 Å². The lowest BCUT2D eigenvalue weighted by Crippen LogP contribution is -2.06. The van der Waals surface area contributed by atoms with Gasteiger partial charge < -0.3 is 0 Å². The summed E-state index contributed by atoms with van der Waals surface area (Å²) < 4.78 is 0. The van der Waals surface area contributed by atoms with Crippen molar-refractivity contribution in [2.24, 2.45) is 0 Å². The van der Waals surface area contributed by atoms with E-state index in [4.69, 9.17) is 0 Å². The van der Waals surface area contributed by atoms with Crippen LogP contribution in [0.5, 0.6) is 0 Å². The summed E-state index contributed by atoms with van der Waals surface area (Å²) >= 11 is 1.69. The van der Waals surface area contributed by atoms with Crippen LogP contribution in [0.1, 0.15) is 23.6 Å². The second-order valence-electron chi connectivity index (χ2n) is 3.85. The molecule has 1 rings (SSSR count). The summed E-state index contributed by atoms with van der Waals surface area (Å²) in [7, 11) is 0. The zero-order valence-corrected chi connectivity index (χ0v) is 10.5. The molecule has 0 N–H and O–H groups in total. The largest absolute Gasteiger partial charge is 0.298 e. The molecule has 1 aromatic carbocycles. The van der Waals surface area contributed by atoms with Crippen LogP contribution in [0, 0.1) is 13.8 Å². The second-order valence-corrected chi connectivity index (χ2v) is 5.12. The van der Waals surface area contributed by atoms with E-state index in [1.165, 1.54) is 11.1 Å². The van der Waals surface area contributed by atoms with Gasteiger partial charge >= 0.3 is 0 Å². The number of hydrogen-bond acceptors (Lipinski definition) is 2. The summed E-state index contributed by atoms with van der Waals surface area (Å²) in [6.07, 6.45) is 0.579. The van der Waals surface area contributed by atoms with Gasteiger partial charge in [-0.15, -0.1) is 0 Å². The highest BCUT2D eigenvalue weighted by Gasteiger charge is 2.04. The number of hydrogen-bond donors (Lipinski definition) is 0. The van der Waals surface area contributed by atoms with Gasteiger partial charge in [-0.25, -0.2) is 0 Å². The van der Waals surface area contributed by atoms with Crippen molar-refractivity contribution in [2.45, 2.75) is 27.2 Å². The SMILES string of the molecule is CCSCC(=O)Cc1cc(C)cc(C)c1. The number of thioether (sulfide) groups is 1. The highest BCUT2D eigenvalue weighted by molar-refractivity contribution is 7.99. The average Bonchev–Trinajstić information content (AvgIpc) is 2.13. The lowest BCUT2D eigenvalue weighted by Gasteiger charge is -2.04. The van der Waals surface area contributed by atoms with E-state index in [0.717, 1.165) is 11.3 Å². The van der Waals surface area contributed by atoms with Gasteiger partial charge in [0, 0.05) is 6.42 Å². The molecule has 0 heterocycles. The minimum Gasteiger partial charge on any atom is -0.298 e. The molecule has 0 aliphatic carbocycles. The number of rotatable bonds is 5. The molecule has 2 heteroatoms. The maximum Gasteiger partial charge on any atom is 0.147 e. The Hall–Kier alpha value is -0.760. The molecule has 0 spiro atoms. The van der Waals surface area contributed by atoms with Crippen molar-refractivity contribution in [1.29, 1.82) is 0 Å². The highest BCUT2D eigenvalue weighted by atomic mass is 32.2. The molecule has 0 aliphatic rings. The lowest BCUT2D eigenvalue weighted by molar-refractivity contribution is -0.115. The van der Waals surface area contributed by atoms with E-state index in [-0.39, 0.29) is 0 Å². The van der Waals surface area contributed by atoms with Crippen LogP contribution >= 0.6 is 11.8 Å². The molecule has 0 radical (unpaired) electrons. The fourth-order valence-corrected chi connectivity index (χ4v) is 2.20. The molecule has 15 heavy (non-hydrogen) atoms. The van der Waals surface area contributed by atoms with Crippen molar-refractivity contribution in [1.82, 2.24) is 0 Å². The molecule has 0 amide bonds. The predicted octanol–water partition coefficient (Wildman–Crippen LogP) is 3.17. The standard InChI is InChI=1S/C13H18OS/c1-4-15-9-13(14)8-12-6-10(2)5-11(3)7-12/h5-7H,4,8-9H2,1-3H3. The van der Waals surface area contributed by atoms with E-state index in [2.05, 4.69) is 39.0 Å². The van der Waals surface area contributed by atoms with Gasteiger partial charge in [0.2, 0.25) is 0 Å². The van der Waals surface area contributed by atoms with Crippen LogP contribution in [0.25, 0.3) is 0 Å². The molecule has 82 valence electrons. The van der Waals surface area contributed by atoms with Crippen LogP contribution in [0.2, 0.25) is 0 Å². The van der Waals surface area contributed by atoms with E-state index in [1.54, 1.807) is 11.8 Å². The zero-order chi connectivity index (χ0) is 11.3. The van der Waals surface area contributed by atoms with Crippen molar-refractivity contribution in [3.05, 3.63) is 34.9 Å².